The normalized spacial score (nSPS) is 10.6. The summed E-state index contributed by atoms with van der Waals surface area (Å²) in [4.78, 5) is 36.3. The zero-order valence-electron chi connectivity index (χ0n) is 14.9. The summed E-state index contributed by atoms with van der Waals surface area (Å²) in [6.45, 7) is 0.129. The van der Waals surface area contributed by atoms with Gasteiger partial charge in [0, 0.05) is 13.0 Å². The minimum Gasteiger partial charge on any atom is -0.495 e. The number of aryl methyl sites for hydroxylation is 1. The molecule has 1 aromatic heterocycles. The summed E-state index contributed by atoms with van der Waals surface area (Å²) in [7, 11) is 2.69. The number of hydrogen-bond acceptors (Lipinski definition) is 6. The van der Waals surface area contributed by atoms with E-state index < -0.39 is 11.7 Å². The number of carbonyl (C=O) groups excluding carboxylic acids is 2. The molecule has 0 aliphatic heterocycles. The first kappa shape index (κ1) is 18.2. The Morgan fingerprint density at radius 1 is 1.11 bits per heavy atom. The lowest BCUT2D eigenvalue weighted by atomic mass is 10.1. The first-order valence-electron chi connectivity index (χ1n) is 8.18. The summed E-state index contributed by atoms with van der Waals surface area (Å²) < 4.78 is 16.5. The molecule has 8 heteroatoms. The summed E-state index contributed by atoms with van der Waals surface area (Å²) in [5.41, 5.74) is 1.47. The first-order chi connectivity index (χ1) is 13.0. The van der Waals surface area contributed by atoms with Crippen LogP contribution in [0.2, 0.25) is 0 Å². The lowest BCUT2D eigenvalue weighted by molar-refractivity contribution is -0.116. The van der Waals surface area contributed by atoms with Crippen LogP contribution in [-0.2, 0) is 16.1 Å². The number of methoxy groups -OCH3 is 2. The topological polar surface area (TPSA) is 99.8 Å². The minimum atomic E-state index is -0.596. The van der Waals surface area contributed by atoms with E-state index in [2.05, 4.69) is 5.32 Å². The average molecular weight is 370 g/mol. The van der Waals surface area contributed by atoms with Crippen LogP contribution < -0.4 is 15.8 Å². The van der Waals surface area contributed by atoms with E-state index in [1.807, 2.05) is 0 Å². The molecule has 0 bridgehead atoms. The third-order valence-electron chi connectivity index (χ3n) is 4.05. The number of amides is 1. The second kappa shape index (κ2) is 7.77. The number of aromatic nitrogens is 1. The van der Waals surface area contributed by atoms with Gasteiger partial charge in [0.25, 0.3) is 0 Å². The minimum absolute atomic E-state index is 0.00208. The van der Waals surface area contributed by atoms with Crippen LogP contribution in [0.15, 0.2) is 51.7 Å². The quantitative estimate of drug-likeness (QED) is 0.669. The van der Waals surface area contributed by atoms with Crippen LogP contribution in [0, 0.1) is 0 Å². The van der Waals surface area contributed by atoms with Crippen molar-refractivity contribution in [2.75, 3.05) is 19.5 Å². The molecule has 0 unspecified atom stereocenters. The van der Waals surface area contributed by atoms with E-state index in [9.17, 15) is 14.4 Å². The van der Waals surface area contributed by atoms with E-state index in [-0.39, 0.29) is 30.1 Å². The Kier molecular flexibility index (Phi) is 5.25. The highest BCUT2D eigenvalue weighted by Crippen LogP contribution is 2.29. The predicted octanol–water partition coefficient (Wildman–Crippen LogP) is 2.42. The molecule has 1 N–H and O–H groups in total. The van der Waals surface area contributed by atoms with Crippen molar-refractivity contribution in [3.05, 3.63) is 58.6 Å². The Morgan fingerprint density at radius 2 is 1.89 bits per heavy atom. The molecule has 140 valence electrons. The zero-order valence-corrected chi connectivity index (χ0v) is 14.9. The van der Waals surface area contributed by atoms with E-state index in [4.69, 9.17) is 13.9 Å². The molecule has 0 aliphatic carbocycles. The molecule has 0 aliphatic rings. The standard InChI is InChI=1S/C19H18N2O6/c1-25-15-9-5-6-12(18(23)26-2)17(15)20-16(22)10-11-21-13-7-3-4-8-14(13)27-19(21)24/h3-9H,10-11H2,1-2H3,(H,20,22). The van der Waals surface area contributed by atoms with Gasteiger partial charge >= 0.3 is 11.7 Å². The van der Waals surface area contributed by atoms with Gasteiger partial charge in [-0.25, -0.2) is 9.59 Å². The maximum Gasteiger partial charge on any atom is 0.419 e. The Morgan fingerprint density at radius 3 is 2.63 bits per heavy atom. The molecule has 0 radical (unpaired) electrons. The van der Waals surface area contributed by atoms with Crippen molar-refractivity contribution < 1.29 is 23.5 Å². The molecular weight excluding hydrogens is 352 g/mol. The Bertz CT molecular complexity index is 1050. The van der Waals surface area contributed by atoms with Gasteiger partial charge in [-0.3, -0.25) is 9.36 Å². The van der Waals surface area contributed by atoms with Crippen molar-refractivity contribution in [1.29, 1.82) is 0 Å². The highest BCUT2D eigenvalue weighted by molar-refractivity contribution is 6.03. The van der Waals surface area contributed by atoms with E-state index in [1.54, 1.807) is 36.4 Å². The number of carbonyl (C=O) groups is 2. The summed E-state index contributed by atoms with van der Waals surface area (Å²) in [5, 5.41) is 2.66. The van der Waals surface area contributed by atoms with Crippen LogP contribution in [0.3, 0.4) is 0 Å². The van der Waals surface area contributed by atoms with E-state index >= 15 is 0 Å². The van der Waals surface area contributed by atoms with Crippen LogP contribution in [-0.4, -0.2) is 30.7 Å². The number of ether oxygens (including phenoxy) is 2. The molecule has 8 nitrogen and oxygen atoms in total. The summed E-state index contributed by atoms with van der Waals surface area (Å²) in [5.74, 6) is -1.18. The average Bonchev–Trinajstić information content (AvgIpc) is 3.00. The van der Waals surface area contributed by atoms with Crippen LogP contribution in [0.25, 0.3) is 11.1 Å². The smallest absolute Gasteiger partial charge is 0.419 e. The third kappa shape index (κ3) is 3.69. The SMILES string of the molecule is COC(=O)c1cccc(OC)c1NC(=O)CCn1c(=O)oc2ccccc21. The molecule has 3 aromatic rings. The molecular formula is C19H18N2O6. The van der Waals surface area contributed by atoms with Crippen molar-refractivity contribution in [1.82, 2.24) is 4.57 Å². The number of hydrogen-bond donors (Lipinski definition) is 1. The van der Waals surface area contributed by atoms with Gasteiger partial charge in [0.1, 0.15) is 5.75 Å². The number of esters is 1. The van der Waals surface area contributed by atoms with Gasteiger partial charge in [-0.1, -0.05) is 18.2 Å². The summed E-state index contributed by atoms with van der Waals surface area (Å²) >= 11 is 0. The van der Waals surface area contributed by atoms with Crippen molar-refractivity contribution >= 4 is 28.7 Å². The van der Waals surface area contributed by atoms with Gasteiger partial charge in [0.15, 0.2) is 5.58 Å². The molecule has 3 rings (SSSR count). The monoisotopic (exact) mass is 370 g/mol. The number of nitrogens with zero attached hydrogens (tertiary/aromatic N) is 1. The fraction of sp³-hybridized carbons (Fsp3) is 0.211. The largest absolute Gasteiger partial charge is 0.495 e. The van der Waals surface area contributed by atoms with Gasteiger partial charge in [-0.15, -0.1) is 0 Å². The first-order valence-corrected chi connectivity index (χ1v) is 8.18. The van der Waals surface area contributed by atoms with Crippen LogP contribution >= 0.6 is 0 Å². The number of fused-ring (bicyclic) bond motifs is 1. The number of nitrogens with one attached hydrogen (secondary N) is 1. The molecule has 0 saturated carbocycles. The fourth-order valence-electron chi connectivity index (χ4n) is 2.75. The second-order valence-corrected chi connectivity index (χ2v) is 5.66. The molecule has 2 aromatic carbocycles. The van der Waals surface area contributed by atoms with E-state index in [1.165, 1.54) is 24.9 Å². The number of rotatable bonds is 6. The van der Waals surface area contributed by atoms with Crippen molar-refractivity contribution in [2.45, 2.75) is 13.0 Å². The van der Waals surface area contributed by atoms with Gasteiger partial charge in [0.2, 0.25) is 5.91 Å². The van der Waals surface area contributed by atoms with Gasteiger partial charge < -0.3 is 19.2 Å². The number of benzene rings is 2. The third-order valence-corrected chi connectivity index (χ3v) is 4.05. The fourth-order valence-corrected chi connectivity index (χ4v) is 2.75. The van der Waals surface area contributed by atoms with Gasteiger partial charge in [0.05, 0.1) is 31.0 Å². The summed E-state index contributed by atoms with van der Waals surface area (Å²) in [6, 6.07) is 11.7. The molecule has 0 spiro atoms. The number of para-hydroxylation sites is 3. The van der Waals surface area contributed by atoms with Gasteiger partial charge in [-0.2, -0.15) is 0 Å². The van der Waals surface area contributed by atoms with Crippen LogP contribution in [0.4, 0.5) is 5.69 Å². The molecule has 27 heavy (non-hydrogen) atoms. The van der Waals surface area contributed by atoms with E-state index in [0.717, 1.165) is 0 Å². The second-order valence-electron chi connectivity index (χ2n) is 5.66. The highest BCUT2D eigenvalue weighted by atomic mass is 16.5. The Balaban J connectivity index is 1.79. The maximum absolute atomic E-state index is 12.4. The predicted molar refractivity (Wildman–Crippen MR) is 98.1 cm³/mol. The number of oxazole rings is 1. The van der Waals surface area contributed by atoms with Crippen molar-refractivity contribution in [3.8, 4) is 5.75 Å². The number of anilines is 1. The van der Waals surface area contributed by atoms with Crippen molar-refractivity contribution in [2.24, 2.45) is 0 Å². The molecule has 0 fully saturated rings. The Hall–Kier alpha value is -3.55. The molecule has 1 heterocycles. The van der Waals surface area contributed by atoms with Crippen molar-refractivity contribution in [3.63, 3.8) is 0 Å². The highest BCUT2D eigenvalue weighted by Gasteiger charge is 2.18. The van der Waals surface area contributed by atoms with Gasteiger partial charge in [-0.05, 0) is 24.3 Å². The Labute approximate surface area is 154 Å². The van der Waals surface area contributed by atoms with Crippen LogP contribution in [0.5, 0.6) is 5.75 Å². The summed E-state index contributed by atoms with van der Waals surface area (Å²) in [6.07, 6.45) is 0.00208. The van der Waals surface area contributed by atoms with Crippen LogP contribution in [0.1, 0.15) is 16.8 Å². The lowest BCUT2D eigenvalue weighted by Gasteiger charge is -2.13. The maximum atomic E-state index is 12.4. The van der Waals surface area contributed by atoms with E-state index in [0.29, 0.717) is 16.8 Å². The molecule has 0 saturated heterocycles. The zero-order chi connectivity index (χ0) is 19.4. The molecule has 1 amide bonds. The lowest BCUT2D eigenvalue weighted by Crippen LogP contribution is -2.21. The molecule has 0 atom stereocenters.